The Morgan fingerprint density at radius 1 is 1.10 bits per heavy atom. The summed E-state index contributed by atoms with van der Waals surface area (Å²) in [5, 5.41) is 0. The van der Waals surface area contributed by atoms with Gasteiger partial charge in [0.05, 0.1) is 5.69 Å². The van der Waals surface area contributed by atoms with Gasteiger partial charge in [0.25, 0.3) is 5.91 Å². The molecule has 0 fully saturated rings. The van der Waals surface area contributed by atoms with E-state index in [0.29, 0.717) is 5.56 Å². The summed E-state index contributed by atoms with van der Waals surface area (Å²) in [5.74, 6) is -0.654. The van der Waals surface area contributed by atoms with Crippen LogP contribution in [0.15, 0.2) is 53.5 Å². The smallest absolute Gasteiger partial charge is 0.256 e. The lowest BCUT2D eigenvalue weighted by molar-refractivity contribution is -0.119. The molecule has 0 N–H and O–H groups in total. The van der Waals surface area contributed by atoms with E-state index in [-0.39, 0.29) is 5.91 Å². The zero-order chi connectivity index (χ0) is 14.1. The van der Waals surface area contributed by atoms with Crippen molar-refractivity contribution in [2.45, 2.75) is 6.04 Å². The summed E-state index contributed by atoms with van der Waals surface area (Å²) in [6, 6.07) is 12.9. The van der Waals surface area contributed by atoms with E-state index in [1.807, 2.05) is 24.3 Å². The molecule has 1 unspecified atom stereocenters. The molecule has 2 aromatic rings. The van der Waals surface area contributed by atoms with Crippen molar-refractivity contribution >= 4 is 17.8 Å². The monoisotopic (exact) mass is 268 g/mol. The van der Waals surface area contributed by atoms with Gasteiger partial charge in [-0.05, 0) is 12.1 Å². The Hall–Kier alpha value is -2.49. The zero-order valence-electron chi connectivity index (χ0n) is 11.0. The van der Waals surface area contributed by atoms with E-state index in [0.717, 1.165) is 11.3 Å². The first-order valence-corrected chi connectivity index (χ1v) is 6.32. The molecule has 4 heteroatoms. The summed E-state index contributed by atoms with van der Waals surface area (Å²) in [4.78, 5) is 18.3. The van der Waals surface area contributed by atoms with Crippen molar-refractivity contribution in [1.82, 2.24) is 0 Å². The van der Waals surface area contributed by atoms with Gasteiger partial charge in [-0.1, -0.05) is 36.4 Å². The van der Waals surface area contributed by atoms with Crippen LogP contribution in [-0.2, 0) is 4.79 Å². The number of likely N-dealkylation sites (N-methyl/N-ethyl adjacent to an activating group) is 1. The number of hydrogen-bond donors (Lipinski definition) is 0. The SMILES string of the molecule is CN1C(=O)C(c2ccccc2F)N=Cc2ccccc21. The van der Waals surface area contributed by atoms with Gasteiger partial charge >= 0.3 is 0 Å². The second-order valence-corrected chi connectivity index (χ2v) is 4.66. The number of nitrogens with zero attached hydrogens (tertiary/aromatic N) is 2. The predicted octanol–water partition coefficient (Wildman–Crippen LogP) is 2.96. The standard InChI is InChI=1S/C16H13FN2O/c1-19-14-9-5-2-6-11(14)10-18-15(16(19)20)12-7-3-4-8-13(12)17/h2-10,15H,1H3. The molecule has 1 atom stereocenters. The lowest BCUT2D eigenvalue weighted by Gasteiger charge is -2.20. The molecule has 3 rings (SSSR count). The lowest BCUT2D eigenvalue weighted by Crippen LogP contribution is -2.30. The molecule has 3 nitrogen and oxygen atoms in total. The molecule has 2 aromatic carbocycles. The normalized spacial score (nSPS) is 17.8. The number of carbonyl (C=O) groups is 1. The highest BCUT2D eigenvalue weighted by Gasteiger charge is 2.28. The average Bonchev–Trinajstić information content (AvgIpc) is 2.59. The Morgan fingerprint density at radius 3 is 2.60 bits per heavy atom. The second kappa shape index (κ2) is 4.89. The fourth-order valence-corrected chi connectivity index (χ4v) is 2.33. The number of hydrogen-bond acceptors (Lipinski definition) is 2. The van der Waals surface area contributed by atoms with E-state index < -0.39 is 11.9 Å². The Kier molecular flexibility index (Phi) is 3.06. The highest BCUT2D eigenvalue weighted by Crippen LogP contribution is 2.29. The number of amides is 1. The first-order chi connectivity index (χ1) is 9.68. The first kappa shape index (κ1) is 12.5. The average molecular weight is 268 g/mol. The van der Waals surface area contributed by atoms with Gasteiger partial charge in [0, 0.05) is 24.4 Å². The minimum atomic E-state index is -0.839. The summed E-state index contributed by atoms with van der Waals surface area (Å²) in [7, 11) is 1.68. The summed E-state index contributed by atoms with van der Waals surface area (Å²) < 4.78 is 13.9. The minimum Gasteiger partial charge on any atom is -0.313 e. The third-order valence-corrected chi connectivity index (χ3v) is 3.43. The molecule has 0 saturated heterocycles. The van der Waals surface area contributed by atoms with Gasteiger partial charge in [0.15, 0.2) is 6.04 Å². The molecular formula is C16H13FN2O. The quantitative estimate of drug-likeness (QED) is 0.782. The second-order valence-electron chi connectivity index (χ2n) is 4.66. The Bertz CT molecular complexity index is 696. The molecule has 1 aliphatic heterocycles. The van der Waals surface area contributed by atoms with Gasteiger partial charge in [-0.2, -0.15) is 0 Å². The fourth-order valence-electron chi connectivity index (χ4n) is 2.33. The predicted molar refractivity (Wildman–Crippen MR) is 76.6 cm³/mol. The molecule has 0 saturated carbocycles. The van der Waals surface area contributed by atoms with Gasteiger partial charge < -0.3 is 4.90 Å². The number of fused-ring (bicyclic) bond motifs is 1. The van der Waals surface area contributed by atoms with E-state index in [9.17, 15) is 9.18 Å². The number of benzene rings is 2. The van der Waals surface area contributed by atoms with Crippen molar-refractivity contribution < 1.29 is 9.18 Å². The van der Waals surface area contributed by atoms with E-state index in [1.165, 1.54) is 11.0 Å². The number of halogens is 1. The minimum absolute atomic E-state index is 0.240. The molecule has 0 spiro atoms. The van der Waals surface area contributed by atoms with Crippen LogP contribution in [0.4, 0.5) is 10.1 Å². The van der Waals surface area contributed by atoms with Crippen LogP contribution in [0.5, 0.6) is 0 Å². The third kappa shape index (κ3) is 1.99. The molecule has 20 heavy (non-hydrogen) atoms. The van der Waals surface area contributed by atoms with Crippen LogP contribution in [0.2, 0.25) is 0 Å². The molecule has 0 radical (unpaired) electrons. The molecule has 100 valence electrons. The number of rotatable bonds is 1. The first-order valence-electron chi connectivity index (χ1n) is 6.32. The Balaban J connectivity index is 2.09. The Morgan fingerprint density at radius 2 is 1.80 bits per heavy atom. The van der Waals surface area contributed by atoms with Gasteiger partial charge in [-0.15, -0.1) is 0 Å². The highest BCUT2D eigenvalue weighted by molar-refractivity contribution is 6.05. The zero-order valence-corrected chi connectivity index (χ0v) is 11.0. The van der Waals surface area contributed by atoms with Crippen molar-refractivity contribution in [3.8, 4) is 0 Å². The largest absolute Gasteiger partial charge is 0.313 e. The number of para-hydroxylation sites is 1. The van der Waals surface area contributed by atoms with Crippen LogP contribution in [0.1, 0.15) is 17.2 Å². The fraction of sp³-hybridized carbons (Fsp3) is 0.125. The van der Waals surface area contributed by atoms with Crippen LogP contribution < -0.4 is 4.90 Å². The number of benzodiazepines with no additional fused rings is 1. The van der Waals surface area contributed by atoms with E-state index in [2.05, 4.69) is 4.99 Å². The topological polar surface area (TPSA) is 32.7 Å². The molecule has 0 bridgehead atoms. The van der Waals surface area contributed by atoms with Crippen molar-refractivity contribution in [2.24, 2.45) is 4.99 Å². The van der Waals surface area contributed by atoms with Crippen molar-refractivity contribution in [3.05, 3.63) is 65.5 Å². The van der Waals surface area contributed by atoms with Gasteiger partial charge in [0.2, 0.25) is 0 Å². The van der Waals surface area contributed by atoms with Crippen molar-refractivity contribution in [1.29, 1.82) is 0 Å². The van der Waals surface area contributed by atoms with Crippen molar-refractivity contribution in [2.75, 3.05) is 11.9 Å². The van der Waals surface area contributed by atoms with Crippen LogP contribution in [0.3, 0.4) is 0 Å². The molecule has 0 aliphatic carbocycles. The number of carbonyl (C=O) groups excluding carboxylic acids is 1. The van der Waals surface area contributed by atoms with E-state index in [1.54, 1.807) is 31.5 Å². The van der Waals surface area contributed by atoms with E-state index in [4.69, 9.17) is 0 Å². The summed E-state index contributed by atoms with van der Waals surface area (Å²) in [6.07, 6.45) is 1.63. The van der Waals surface area contributed by atoms with Crippen molar-refractivity contribution in [3.63, 3.8) is 0 Å². The third-order valence-electron chi connectivity index (χ3n) is 3.43. The molecule has 0 aromatic heterocycles. The van der Waals surface area contributed by atoms with Crippen LogP contribution in [0, 0.1) is 5.82 Å². The summed E-state index contributed by atoms with van der Waals surface area (Å²) >= 11 is 0. The maximum Gasteiger partial charge on any atom is 0.256 e. The van der Waals surface area contributed by atoms with E-state index >= 15 is 0 Å². The van der Waals surface area contributed by atoms with Gasteiger partial charge in [-0.25, -0.2) is 4.39 Å². The lowest BCUT2D eigenvalue weighted by atomic mass is 10.1. The summed E-state index contributed by atoms with van der Waals surface area (Å²) in [6.45, 7) is 0. The summed E-state index contributed by atoms with van der Waals surface area (Å²) in [5.41, 5.74) is 1.93. The number of aliphatic imine (C=N–C) groups is 1. The molecule has 1 amide bonds. The number of anilines is 1. The van der Waals surface area contributed by atoms with Gasteiger partial charge in [0.1, 0.15) is 5.82 Å². The molecule has 1 heterocycles. The molecule has 1 aliphatic rings. The van der Waals surface area contributed by atoms with Crippen LogP contribution in [-0.4, -0.2) is 19.2 Å². The Labute approximate surface area is 116 Å². The maximum atomic E-state index is 13.9. The van der Waals surface area contributed by atoms with Crippen LogP contribution in [0.25, 0.3) is 0 Å². The maximum absolute atomic E-state index is 13.9. The highest BCUT2D eigenvalue weighted by atomic mass is 19.1. The molecular weight excluding hydrogens is 255 g/mol. The van der Waals surface area contributed by atoms with Gasteiger partial charge in [-0.3, -0.25) is 9.79 Å². The van der Waals surface area contributed by atoms with Crippen LogP contribution >= 0.6 is 0 Å².